The van der Waals surface area contributed by atoms with Crippen molar-refractivity contribution in [2.24, 2.45) is 0 Å². The van der Waals surface area contributed by atoms with Gasteiger partial charge in [-0.3, -0.25) is 18.0 Å². The standard InChI is InChI=1S/C23H33NO7S.C18H21NO6S/c1-6-18(7-2)30-20-13-17(23(26)29-8-3)14-21(22(20)24-16(5)25)31-32(27,28)19-11-9-15(4)10-12-19;1-4-24-18(21)13-9-15-17(19(15)12(3)20)16(10-13)25-26(22,23)14-7-5-11(2)6-8-14/h9-13,18,20-22H,6-8,14H2,1-5H3,(H,24,25);5-9,15-17H,4,10H2,1-3H3/t20-,21-,22+;15?,16-,17+,19?/m11/s1. The zero-order chi connectivity index (χ0) is 42.9. The lowest BCUT2D eigenvalue weighted by Crippen LogP contribution is -2.55. The topological polar surface area (TPSA) is 198 Å². The maximum atomic E-state index is 13.0. The molecular weight excluding hydrogens is 793 g/mol. The van der Waals surface area contributed by atoms with E-state index >= 15 is 0 Å². The van der Waals surface area contributed by atoms with E-state index in [0.29, 0.717) is 5.57 Å². The van der Waals surface area contributed by atoms with E-state index < -0.39 is 56.5 Å². The van der Waals surface area contributed by atoms with Crippen molar-refractivity contribution >= 4 is 44.0 Å². The second-order valence-corrected chi connectivity index (χ2v) is 17.4. The minimum atomic E-state index is -4.16. The molecule has 6 atom stereocenters. The molecule has 1 fully saturated rings. The van der Waals surface area contributed by atoms with Gasteiger partial charge < -0.3 is 24.4 Å². The van der Waals surface area contributed by atoms with E-state index in [-0.39, 0.29) is 71.4 Å². The summed E-state index contributed by atoms with van der Waals surface area (Å²) in [4.78, 5) is 49.8. The van der Waals surface area contributed by atoms with Crippen LogP contribution in [-0.4, -0.2) is 101 Å². The van der Waals surface area contributed by atoms with E-state index in [4.69, 9.17) is 22.6 Å². The first-order valence-electron chi connectivity index (χ1n) is 19.3. The van der Waals surface area contributed by atoms with Crippen molar-refractivity contribution in [3.05, 3.63) is 83.0 Å². The van der Waals surface area contributed by atoms with Crippen molar-refractivity contribution in [3.63, 3.8) is 0 Å². The number of hydrogen-bond acceptors (Lipinski definition) is 13. The number of carbonyl (C=O) groups is 4. The number of nitrogens with zero attached hydrogens (tertiary/aromatic N) is 1. The summed E-state index contributed by atoms with van der Waals surface area (Å²) in [5, 5.41) is 2.76. The van der Waals surface area contributed by atoms with Gasteiger partial charge in [0.25, 0.3) is 20.2 Å². The molecule has 1 heterocycles. The molecule has 0 bridgehead atoms. The predicted molar refractivity (Wildman–Crippen MR) is 212 cm³/mol. The highest BCUT2D eigenvalue weighted by Crippen LogP contribution is 2.42. The summed E-state index contributed by atoms with van der Waals surface area (Å²) in [7, 11) is -8.17. The maximum absolute atomic E-state index is 13.0. The Labute approximate surface area is 341 Å². The second kappa shape index (κ2) is 20.0. The van der Waals surface area contributed by atoms with Gasteiger partial charge in [0.1, 0.15) is 12.2 Å². The fourth-order valence-electron chi connectivity index (χ4n) is 6.82. The lowest BCUT2D eigenvalue weighted by molar-refractivity contribution is -0.140. The second-order valence-electron chi connectivity index (χ2n) is 14.2. The summed E-state index contributed by atoms with van der Waals surface area (Å²) in [6, 6.07) is 11.1. The van der Waals surface area contributed by atoms with Crippen LogP contribution >= 0.6 is 0 Å². The van der Waals surface area contributed by atoms with Crippen LogP contribution in [0.5, 0.6) is 0 Å². The molecule has 17 heteroatoms. The Hall–Kier alpha value is -4.42. The van der Waals surface area contributed by atoms with Crippen LogP contribution in [0, 0.1) is 13.8 Å². The van der Waals surface area contributed by atoms with Gasteiger partial charge in [-0.05, 0) is 77.0 Å². The van der Waals surface area contributed by atoms with Crippen LogP contribution in [-0.2, 0) is 62.0 Å². The largest absolute Gasteiger partial charge is 0.463 e. The molecule has 58 heavy (non-hydrogen) atoms. The van der Waals surface area contributed by atoms with E-state index in [9.17, 15) is 36.0 Å². The monoisotopic (exact) mass is 846 g/mol. The average molecular weight is 847 g/mol. The Bertz CT molecular complexity index is 2080. The number of aryl methyl sites for hydroxylation is 2. The molecule has 318 valence electrons. The Kier molecular flexibility index (Phi) is 16.0. The Morgan fingerprint density at radius 1 is 0.707 bits per heavy atom. The van der Waals surface area contributed by atoms with E-state index in [0.717, 1.165) is 24.0 Å². The van der Waals surface area contributed by atoms with Crippen LogP contribution in [0.15, 0.2) is 81.6 Å². The van der Waals surface area contributed by atoms with Crippen molar-refractivity contribution in [1.82, 2.24) is 10.2 Å². The van der Waals surface area contributed by atoms with E-state index in [2.05, 4.69) is 5.32 Å². The molecule has 0 spiro atoms. The third-order valence-corrected chi connectivity index (χ3v) is 12.5. The first-order chi connectivity index (χ1) is 27.3. The molecule has 0 saturated carbocycles. The quantitative estimate of drug-likeness (QED) is 0.148. The minimum absolute atomic E-state index is 0.00521. The summed E-state index contributed by atoms with van der Waals surface area (Å²) in [5.74, 6) is -1.62. The number of nitrogens with one attached hydrogen (secondary N) is 1. The SMILES string of the molecule is CCOC(=O)C1=CC2[C@@H]([C@H](OS(=O)(=O)c3ccc(C)cc3)C1)N2C(C)=O.CCOC(=O)C1=C[C@@H](OC(CC)CC)[C@H](NC(C)=O)[C@H](OS(=O)(=O)c2ccc(C)cc2)C1. The Balaban J connectivity index is 0.000000262. The lowest BCUT2D eigenvalue weighted by Gasteiger charge is -2.37. The van der Waals surface area contributed by atoms with Crippen molar-refractivity contribution in [2.45, 2.75) is 133 Å². The Morgan fingerprint density at radius 3 is 1.59 bits per heavy atom. The normalized spacial score (nSPS) is 22.7. The van der Waals surface area contributed by atoms with Crippen LogP contribution in [0.2, 0.25) is 0 Å². The molecule has 0 radical (unpaired) electrons. The molecule has 2 aromatic rings. The van der Waals surface area contributed by atoms with Gasteiger partial charge in [-0.15, -0.1) is 0 Å². The predicted octanol–water partition coefficient (Wildman–Crippen LogP) is 4.60. The first kappa shape index (κ1) is 46.3. The molecule has 1 N–H and O–H groups in total. The summed E-state index contributed by atoms with van der Waals surface area (Å²) < 4.78 is 78.4. The van der Waals surface area contributed by atoms with Gasteiger partial charge >= 0.3 is 11.9 Å². The molecular formula is C41H54N2O13S2. The summed E-state index contributed by atoms with van der Waals surface area (Å²) in [5.41, 5.74) is 2.43. The highest BCUT2D eigenvalue weighted by molar-refractivity contribution is 7.87. The third-order valence-electron chi connectivity index (χ3n) is 9.81. The maximum Gasteiger partial charge on any atom is 0.333 e. The van der Waals surface area contributed by atoms with E-state index in [1.807, 2.05) is 27.7 Å². The van der Waals surface area contributed by atoms with Gasteiger partial charge in [0.2, 0.25) is 11.8 Å². The Morgan fingerprint density at radius 2 is 1.16 bits per heavy atom. The average Bonchev–Trinajstić information content (AvgIpc) is 3.91. The molecule has 15 nitrogen and oxygen atoms in total. The molecule has 2 amide bonds. The molecule has 5 rings (SSSR count). The zero-order valence-electron chi connectivity index (χ0n) is 34.1. The van der Waals surface area contributed by atoms with E-state index in [1.54, 1.807) is 50.3 Å². The third kappa shape index (κ3) is 11.8. The molecule has 0 aromatic heterocycles. The number of esters is 2. The van der Waals surface area contributed by atoms with Crippen molar-refractivity contribution in [2.75, 3.05) is 13.2 Å². The van der Waals surface area contributed by atoms with Gasteiger partial charge in [-0.1, -0.05) is 49.2 Å². The molecule has 1 unspecified atom stereocenters. The fourth-order valence-corrected chi connectivity index (χ4v) is 9.00. The van der Waals surface area contributed by atoms with Crippen molar-refractivity contribution in [1.29, 1.82) is 0 Å². The summed E-state index contributed by atoms with van der Waals surface area (Å²) in [6.07, 6.45) is 1.99. The molecule has 3 aliphatic rings. The number of carbonyl (C=O) groups excluding carboxylic acids is 4. The van der Waals surface area contributed by atoms with Crippen LogP contribution < -0.4 is 5.32 Å². The zero-order valence-corrected chi connectivity index (χ0v) is 35.8. The molecule has 1 aliphatic heterocycles. The van der Waals surface area contributed by atoms with E-state index in [1.165, 1.54) is 43.0 Å². The van der Waals surface area contributed by atoms with Gasteiger partial charge in [0.05, 0.1) is 53.3 Å². The lowest BCUT2D eigenvalue weighted by atomic mass is 9.89. The summed E-state index contributed by atoms with van der Waals surface area (Å²) in [6.45, 7) is 14.2. The first-order valence-corrected chi connectivity index (χ1v) is 22.1. The van der Waals surface area contributed by atoms with Crippen LogP contribution in [0.4, 0.5) is 0 Å². The number of benzene rings is 2. The number of hydrogen-bond donors (Lipinski definition) is 1. The highest BCUT2D eigenvalue weighted by Gasteiger charge is 2.57. The van der Waals surface area contributed by atoms with Crippen LogP contribution in [0.1, 0.15) is 78.4 Å². The van der Waals surface area contributed by atoms with Crippen molar-refractivity contribution in [3.8, 4) is 0 Å². The van der Waals surface area contributed by atoms with Gasteiger partial charge in [-0.2, -0.15) is 16.8 Å². The number of ether oxygens (including phenoxy) is 3. The molecule has 2 aromatic carbocycles. The van der Waals surface area contributed by atoms with Crippen LogP contribution in [0.25, 0.3) is 0 Å². The fraction of sp³-hybridized carbons (Fsp3) is 0.512. The van der Waals surface area contributed by atoms with Gasteiger partial charge in [0, 0.05) is 37.8 Å². The molecule has 2 aliphatic carbocycles. The number of rotatable bonds is 15. The smallest absolute Gasteiger partial charge is 0.333 e. The number of amides is 2. The van der Waals surface area contributed by atoms with Gasteiger partial charge in [0.15, 0.2) is 0 Å². The van der Waals surface area contributed by atoms with Gasteiger partial charge in [-0.25, -0.2) is 9.59 Å². The summed E-state index contributed by atoms with van der Waals surface area (Å²) >= 11 is 0. The van der Waals surface area contributed by atoms with Crippen LogP contribution in [0.3, 0.4) is 0 Å². The number of fused-ring (bicyclic) bond motifs is 1. The molecule has 1 saturated heterocycles. The van der Waals surface area contributed by atoms with Crippen molar-refractivity contribution < 1.29 is 58.6 Å². The minimum Gasteiger partial charge on any atom is -0.463 e. The highest BCUT2D eigenvalue weighted by atomic mass is 32.2.